The van der Waals surface area contributed by atoms with Gasteiger partial charge in [-0.15, -0.1) is 0 Å². The van der Waals surface area contributed by atoms with Gasteiger partial charge in [-0.1, -0.05) is 19.1 Å². The van der Waals surface area contributed by atoms with E-state index in [-0.39, 0.29) is 45.0 Å². The minimum absolute atomic E-state index is 0.0239. The number of carbonyl (C=O) groups excluding carboxylic acids is 5. The van der Waals surface area contributed by atoms with E-state index < -0.39 is 112 Å². The first-order chi connectivity index (χ1) is 27.1. The average Bonchev–Trinajstić information content (AvgIpc) is 3.60. The Balaban J connectivity index is 1.37. The van der Waals surface area contributed by atoms with Crippen LogP contribution in [0.5, 0.6) is 5.75 Å². The summed E-state index contributed by atoms with van der Waals surface area (Å²) < 4.78 is 53.2. The number of esters is 1. The molecule has 324 valence electrons. The lowest BCUT2D eigenvalue weighted by molar-refractivity contribution is -0.271. The number of carboxylic acid groups (broad SMARTS) is 1. The molecule has 3 aliphatic rings. The van der Waals surface area contributed by atoms with Crippen molar-refractivity contribution >= 4 is 45.7 Å². The molecule has 1 aromatic rings. The molecule has 3 aliphatic heterocycles. The molecule has 1 unspecified atom stereocenters. The number of aliphatic hydroxyl groups excluding tert-OH is 3. The van der Waals surface area contributed by atoms with Crippen LogP contribution in [-0.2, 0) is 66.1 Å². The number of ether oxygens (including phenoxy) is 4. The molecular formula is C37H53N3O17S. The van der Waals surface area contributed by atoms with Crippen molar-refractivity contribution in [2.45, 2.75) is 116 Å². The van der Waals surface area contributed by atoms with Gasteiger partial charge in [-0.05, 0) is 64.5 Å². The fourth-order valence-corrected chi connectivity index (χ4v) is 7.02. The van der Waals surface area contributed by atoms with Crippen LogP contribution in [0.2, 0.25) is 0 Å². The third-order valence-corrected chi connectivity index (χ3v) is 10.8. The van der Waals surface area contributed by atoms with Gasteiger partial charge in [0.15, 0.2) is 6.10 Å². The predicted octanol–water partition coefficient (Wildman–Crippen LogP) is -0.855. The monoisotopic (exact) mass is 843 g/mol. The molecule has 0 aromatic heterocycles. The van der Waals surface area contributed by atoms with E-state index in [4.69, 9.17) is 23.5 Å². The van der Waals surface area contributed by atoms with Gasteiger partial charge < -0.3 is 49.6 Å². The number of nitrogens with one attached hydrogen (secondary N) is 1. The van der Waals surface area contributed by atoms with Crippen LogP contribution < -0.4 is 10.1 Å². The number of benzene rings is 1. The number of hydrogen-bond acceptors (Lipinski definition) is 15. The number of carboxylic acids is 1. The molecule has 58 heavy (non-hydrogen) atoms. The first-order valence-corrected chi connectivity index (χ1v) is 20.6. The number of aryl methyl sites for hydroxylation is 1. The Hall–Kier alpha value is -4.25. The summed E-state index contributed by atoms with van der Waals surface area (Å²) in [6.07, 6.45) is -7.54. The van der Waals surface area contributed by atoms with Crippen LogP contribution >= 0.6 is 0 Å². The largest absolute Gasteiger partial charge is 0.479 e. The van der Waals surface area contributed by atoms with E-state index in [0.29, 0.717) is 36.8 Å². The second-order valence-corrected chi connectivity index (χ2v) is 17.1. The van der Waals surface area contributed by atoms with E-state index in [2.05, 4.69) is 5.32 Å². The molecule has 1 aromatic carbocycles. The highest BCUT2D eigenvalue weighted by Gasteiger charge is 2.51. The second kappa shape index (κ2) is 19.7. The van der Waals surface area contributed by atoms with E-state index in [9.17, 15) is 57.6 Å². The van der Waals surface area contributed by atoms with E-state index in [1.165, 1.54) is 4.90 Å². The van der Waals surface area contributed by atoms with Gasteiger partial charge in [-0.25, -0.2) is 4.79 Å². The van der Waals surface area contributed by atoms with Gasteiger partial charge in [-0.3, -0.25) is 33.4 Å². The molecule has 3 saturated heterocycles. The molecular weight excluding hydrogens is 790 g/mol. The lowest BCUT2D eigenvalue weighted by atomic mass is 9.97. The number of carbonyl (C=O) groups is 6. The number of amides is 4. The van der Waals surface area contributed by atoms with Gasteiger partial charge in [0.25, 0.3) is 10.1 Å². The maximum absolute atomic E-state index is 13.5. The Morgan fingerprint density at radius 3 is 2.34 bits per heavy atom. The van der Waals surface area contributed by atoms with Gasteiger partial charge in [0.1, 0.15) is 36.7 Å². The van der Waals surface area contributed by atoms with E-state index in [1.807, 2.05) is 0 Å². The lowest BCUT2D eigenvalue weighted by Gasteiger charge is -2.38. The first kappa shape index (κ1) is 46.4. The van der Waals surface area contributed by atoms with Crippen LogP contribution in [0.1, 0.15) is 70.9 Å². The van der Waals surface area contributed by atoms with Crippen molar-refractivity contribution in [3.8, 4) is 5.75 Å². The molecule has 0 saturated carbocycles. The first-order valence-electron chi connectivity index (χ1n) is 19.0. The fourth-order valence-electron chi connectivity index (χ4n) is 6.69. The van der Waals surface area contributed by atoms with Crippen LogP contribution in [0.3, 0.4) is 0 Å². The van der Waals surface area contributed by atoms with E-state index in [1.54, 1.807) is 45.9 Å². The molecule has 6 N–H and O–H groups in total. The molecule has 0 spiro atoms. The summed E-state index contributed by atoms with van der Waals surface area (Å²) in [4.78, 5) is 78.5. The third kappa shape index (κ3) is 11.9. The summed E-state index contributed by atoms with van der Waals surface area (Å²) in [6, 6.07) is 2.98. The number of likely N-dealkylation sites (tertiary alicyclic amines) is 2. The SMILES string of the molecule is CCC1CC(=O)N([C@H]2C[C@@H](COCCS(=O)(=O)O)N(CC(=O)NCCCCc3ccc(COC(=O)C(C)(C)C)c(O[C@@H]4O[C@H](C(=O)O)[C@@H](O)[C@H](O)[C@H]4O)c3)C2=O)C1=O. The Morgan fingerprint density at radius 2 is 1.72 bits per heavy atom. The van der Waals surface area contributed by atoms with Crippen molar-refractivity contribution in [2.24, 2.45) is 11.3 Å². The van der Waals surface area contributed by atoms with Gasteiger partial charge in [-0.2, -0.15) is 8.42 Å². The van der Waals surface area contributed by atoms with E-state index in [0.717, 1.165) is 4.90 Å². The van der Waals surface area contributed by atoms with Gasteiger partial charge in [0.05, 0.1) is 37.0 Å². The highest BCUT2D eigenvalue weighted by atomic mass is 32.2. The molecule has 0 radical (unpaired) electrons. The third-order valence-electron chi connectivity index (χ3n) is 10.1. The lowest BCUT2D eigenvalue weighted by Crippen LogP contribution is -2.61. The Morgan fingerprint density at radius 1 is 1.02 bits per heavy atom. The van der Waals surface area contributed by atoms with Crippen LogP contribution in [0.15, 0.2) is 18.2 Å². The van der Waals surface area contributed by atoms with Crippen molar-refractivity contribution in [1.82, 2.24) is 15.1 Å². The highest BCUT2D eigenvalue weighted by molar-refractivity contribution is 7.85. The topological polar surface area (TPSA) is 293 Å². The molecule has 8 atom stereocenters. The number of aliphatic hydroxyl groups is 3. The molecule has 3 heterocycles. The minimum Gasteiger partial charge on any atom is -0.479 e. The van der Waals surface area contributed by atoms with Crippen molar-refractivity contribution in [3.63, 3.8) is 0 Å². The molecule has 4 amide bonds. The zero-order valence-corrected chi connectivity index (χ0v) is 33.6. The molecule has 0 bridgehead atoms. The van der Waals surface area contributed by atoms with Crippen molar-refractivity contribution in [3.05, 3.63) is 29.3 Å². The van der Waals surface area contributed by atoms with Gasteiger partial charge in [0, 0.05) is 24.4 Å². The summed E-state index contributed by atoms with van der Waals surface area (Å²) in [6.45, 7) is 5.66. The number of nitrogens with zero attached hydrogens (tertiary/aromatic N) is 2. The summed E-state index contributed by atoms with van der Waals surface area (Å²) in [7, 11) is -4.31. The normalized spacial score (nSPS) is 26.6. The van der Waals surface area contributed by atoms with Crippen LogP contribution in [0.4, 0.5) is 0 Å². The molecule has 20 nitrogen and oxygen atoms in total. The quantitative estimate of drug-likeness (QED) is 0.0428. The van der Waals surface area contributed by atoms with Crippen molar-refractivity contribution in [1.29, 1.82) is 0 Å². The predicted molar refractivity (Wildman–Crippen MR) is 198 cm³/mol. The maximum Gasteiger partial charge on any atom is 0.335 e. The molecule has 3 fully saturated rings. The summed E-state index contributed by atoms with van der Waals surface area (Å²) in [5, 5.41) is 43.1. The number of rotatable bonds is 19. The summed E-state index contributed by atoms with van der Waals surface area (Å²) in [5.74, 6) is -5.41. The Kier molecular flexibility index (Phi) is 15.7. The fraction of sp³-hybridized carbons (Fsp3) is 0.676. The van der Waals surface area contributed by atoms with Crippen molar-refractivity contribution < 1.29 is 81.1 Å². The molecule has 0 aliphatic carbocycles. The van der Waals surface area contributed by atoms with Crippen LogP contribution in [0, 0.1) is 11.3 Å². The van der Waals surface area contributed by atoms with E-state index >= 15 is 0 Å². The maximum atomic E-state index is 13.5. The molecule has 4 rings (SSSR count). The Labute approximate surface area is 335 Å². The zero-order chi connectivity index (χ0) is 43.1. The summed E-state index contributed by atoms with van der Waals surface area (Å²) >= 11 is 0. The minimum atomic E-state index is -4.31. The van der Waals surface area contributed by atoms with Crippen LogP contribution in [0.25, 0.3) is 0 Å². The number of unbranched alkanes of at least 4 members (excludes halogenated alkanes) is 1. The smallest absolute Gasteiger partial charge is 0.335 e. The summed E-state index contributed by atoms with van der Waals surface area (Å²) in [5.41, 5.74) is 0.202. The van der Waals surface area contributed by atoms with Crippen molar-refractivity contribution in [2.75, 3.05) is 32.1 Å². The number of aliphatic carboxylic acids is 1. The zero-order valence-electron chi connectivity index (χ0n) is 32.8. The second-order valence-electron chi connectivity index (χ2n) is 15.6. The van der Waals surface area contributed by atoms with Gasteiger partial charge >= 0.3 is 11.9 Å². The number of imide groups is 1. The Bertz CT molecular complexity index is 1800. The number of hydrogen-bond donors (Lipinski definition) is 6. The average molecular weight is 844 g/mol. The van der Waals surface area contributed by atoms with Gasteiger partial charge in [0.2, 0.25) is 29.9 Å². The highest BCUT2D eigenvalue weighted by Crippen LogP contribution is 2.32. The molecule has 21 heteroatoms. The van der Waals surface area contributed by atoms with Crippen LogP contribution in [-0.4, -0.2) is 154 Å². The standard InChI is InChI=1S/C37H53N3O17S/c1-5-21-15-27(42)40(32(21)46)24-16-23(19-54-12-13-58(51,52)53)39(33(24)47)17-26(41)38-11-7-6-8-20-9-10-22(18-55-36(50)37(2,3)4)25(14-20)56-35-30(45)28(43)29(44)31(57-35)34(48)49/h9-10,14,21,23-24,28-31,35,43-45H,5-8,11-13,15-19H2,1-4H3,(H,38,41)(H,48,49)(H,51,52,53)/t21?,23-,24-,28-,29-,30+,31-,35+/m0/s1.